The fraction of sp³-hybridized carbons (Fsp3) is 0.333. The molecule has 0 unspecified atom stereocenters. The summed E-state index contributed by atoms with van der Waals surface area (Å²) in [6.07, 6.45) is 0. The Morgan fingerprint density at radius 1 is 1.24 bits per heavy atom. The van der Waals surface area contributed by atoms with Crippen molar-refractivity contribution in [3.05, 3.63) is 35.9 Å². The first-order valence-electron chi connectivity index (χ1n) is 5.35. The normalized spacial score (nSPS) is 23.4. The number of hydrogen-bond acceptors (Lipinski definition) is 3. The van der Waals surface area contributed by atoms with Gasteiger partial charge in [0.15, 0.2) is 0 Å². The standard InChI is InChI=1S/C12H14N2O2S/c1-12(10(15)13-11(16)14-12)8-17-7-9-5-3-2-4-6-9/h2-6H,7-8H2,1H3,(H2,13,14,15,16)/t12-/m1/s1. The van der Waals surface area contributed by atoms with E-state index < -0.39 is 11.6 Å². The Hall–Kier alpha value is -1.49. The minimum atomic E-state index is -0.781. The van der Waals surface area contributed by atoms with Gasteiger partial charge in [-0.2, -0.15) is 11.8 Å². The van der Waals surface area contributed by atoms with E-state index in [1.807, 2.05) is 30.3 Å². The average Bonchev–Trinajstić information content (AvgIpc) is 2.54. The third-order valence-electron chi connectivity index (χ3n) is 2.62. The quantitative estimate of drug-likeness (QED) is 0.797. The van der Waals surface area contributed by atoms with Gasteiger partial charge in [0.05, 0.1) is 0 Å². The maximum absolute atomic E-state index is 11.5. The third kappa shape index (κ3) is 2.79. The smallest absolute Gasteiger partial charge is 0.322 e. The molecular weight excluding hydrogens is 236 g/mol. The number of amides is 3. The molecule has 0 aliphatic carbocycles. The van der Waals surface area contributed by atoms with Gasteiger partial charge in [0, 0.05) is 11.5 Å². The van der Waals surface area contributed by atoms with Gasteiger partial charge in [0.25, 0.3) is 5.91 Å². The van der Waals surface area contributed by atoms with Crippen molar-refractivity contribution in [2.24, 2.45) is 0 Å². The first-order valence-corrected chi connectivity index (χ1v) is 6.51. The van der Waals surface area contributed by atoms with Crippen LogP contribution >= 0.6 is 11.8 Å². The second kappa shape index (κ2) is 4.79. The highest BCUT2D eigenvalue weighted by atomic mass is 32.2. The van der Waals surface area contributed by atoms with Crippen LogP contribution in [0.1, 0.15) is 12.5 Å². The van der Waals surface area contributed by atoms with Gasteiger partial charge in [-0.1, -0.05) is 30.3 Å². The van der Waals surface area contributed by atoms with E-state index in [1.165, 1.54) is 5.56 Å². The first kappa shape index (κ1) is 12.0. The zero-order valence-electron chi connectivity index (χ0n) is 9.53. The molecule has 0 aromatic heterocycles. The second-order valence-corrected chi connectivity index (χ2v) is 5.20. The van der Waals surface area contributed by atoms with E-state index in [2.05, 4.69) is 10.6 Å². The van der Waals surface area contributed by atoms with E-state index in [0.717, 1.165) is 5.75 Å². The summed E-state index contributed by atoms with van der Waals surface area (Å²) in [5.74, 6) is 1.15. The van der Waals surface area contributed by atoms with Crippen LogP contribution in [-0.4, -0.2) is 23.2 Å². The SMILES string of the molecule is C[C@]1(CSCc2ccccc2)NC(=O)NC1=O. The first-order chi connectivity index (χ1) is 8.10. The molecule has 17 heavy (non-hydrogen) atoms. The van der Waals surface area contributed by atoms with Crippen LogP contribution in [0.4, 0.5) is 4.79 Å². The number of benzene rings is 1. The van der Waals surface area contributed by atoms with Crippen LogP contribution in [0.2, 0.25) is 0 Å². The van der Waals surface area contributed by atoms with Gasteiger partial charge in [-0.3, -0.25) is 10.1 Å². The summed E-state index contributed by atoms with van der Waals surface area (Å²) in [5.41, 5.74) is 0.433. The summed E-state index contributed by atoms with van der Waals surface area (Å²) in [5, 5.41) is 4.90. The van der Waals surface area contributed by atoms with E-state index in [9.17, 15) is 9.59 Å². The Kier molecular flexibility index (Phi) is 3.38. The number of imide groups is 1. The Bertz CT molecular complexity index is 435. The van der Waals surface area contributed by atoms with Crippen LogP contribution in [-0.2, 0) is 10.5 Å². The van der Waals surface area contributed by atoms with Crippen molar-refractivity contribution >= 4 is 23.7 Å². The monoisotopic (exact) mass is 250 g/mol. The summed E-state index contributed by atoms with van der Waals surface area (Å²) in [6.45, 7) is 1.74. The highest BCUT2D eigenvalue weighted by Gasteiger charge is 2.41. The fourth-order valence-electron chi connectivity index (χ4n) is 1.63. The van der Waals surface area contributed by atoms with Crippen LogP contribution in [0.15, 0.2) is 30.3 Å². The highest BCUT2D eigenvalue weighted by molar-refractivity contribution is 7.98. The topological polar surface area (TPSA) is 58.2 Å². The van der Waals surface area contributed by atoms with E-state index in [0.29, 0.717) is 5.75 Å². The predicted octanol–water partition coefficient (Wildman–Crippen LogP) is 1.52. The Labute approximate surface area is 104 Å². The number of nitrogens with one attached hydrogen (secondary N) is 2. The largest absolute Gasteiger partial charge is 0.323 e. The molecule has 1 aromatic carbocycles. The van der Waals surface area contributed by atoms with Crippen molar-refractivity contribution in [3.8, 4) is 0 Å². The summed E-state index contributed by atoms with van der Waals surface area (Å²) in [6, 6.07) is 9.63. The van der Waals surface area contributed by atoms with Crippen LogP contribution in [0.3, 0.4) is 0 Å². The van der Waals surface area contributed by atoms with Crippen molar-refractivity contribution in [2.75, 3.05) is 5.75 Å². The minimum absolute atomic E-state index is 0.247. The van der Waals surface area contributed by atoms with Gasteiger partial charge >= 0.3 is 6.03 Å². The lowest BCUT2D eigenvalue weighted by Gasteiger charge is -2.19. The maximum atomic E-state index is 11.5. The molecule has 2 rings (SSSR count). The van der Waals surface area contributed by atoms with E-state index >= 15 is 0 Å². The molecule has 1 aliphatic rings. The van der Waals surface area contributed by atoms with Crippen LogP contribution in [0.25, 0.3) is 0 Å². The lowest BCUT2D eigenvalue weighted by molar-refractivity contribution is -0.122. The molecule has 3 amide bonds. The Morgan fingerprint density at radius 3 is 2.53 bits per heavy atom. The van der Waals surface area contributed by atoms with E-state index in [1.54, 1.807) is 18.7 Å². The van der Waals surface area contributed by atoms with Crippen molar-refractivity contribution in [1.29, 1.82) is 0 Å². The molecule has 1 saturated heterocycles. The lowest BCUT2D eigenvalue weighted by atomic mass is 10.1. The van der Waals surface area contributed by atoms with Crippen molar-refractivity contribution in [2.45, 2.75) is 18.2 Å². The van der Waals surface area contributed by atoms with Gasteiger partial charge in [-0.05, 0) is 12.5 Å². The van der Waals surface area contributed by atoms with Crippen molar-refractivity contribution < 1.29 is 9.59 Å². The fourth-order valence-corrected chi connectivity index (χ4v) is 2.77. The summed E-state index contributed by atoms with van der Waals surface area (Å²) >= 11 is 1.63. The molecule has 1 fully saturated rings. The molecule has 1 heterocycles. The molecule has 1 atom stereocenters. The van der Waals surface area contributed by atoms with E-state index in [4.69, 9.17) is 0 Å². The summed E-state index contributed by atoms with van der Waals surface area (Å²) in [7, 11) is 0. The molecular formula is C12H14N2O2S. The number of carbonyl (C=O) groups excluding carboxylic acids is 2. The van der Waals surface area contributed by atoms with Gasteiger partial charge in [-0.15, -0.1) is 0 Å². The van der Waals surface area contributed by atoms with Crippen molar-refractivity contribution in [3.63, 3.8) is 0 Å². The Balaban J connectivity index is 1.87. The number of thioether (sulfide) groups is 1. The third-order valence-corrected chi connectivity index (χ3v) is 3.94. The van der Waals surface area contributed by atoms with E-state index in [-0.39, 0.29) is 5.91 Å². The van der Waals surface area contributed by atoms with Crippen LogP contribution in [0, 0.1) is 0 Å². The van der Waals surface area contributed by atoms with Crippen LogP contribution < -0.4 is 10.6 Å². The molecule has 5 heteroatoms. The van der Waals surface area contributed by atoms with Gasteiger partial charge in [-0.25, -0.2) is 4.79 Å². The van der Waals surface area contributed by atoms with Gasteiger partial charge in [0.2, 0.25) is 0 Å². The van der Waals surface area contributed by atoms with Gasteiger partial charge in [0.1, 0.15) is 5.54 Å². The molecule has 0 spiro atoms. The molecule has 0 radical (unpaired) electrons. The second-order valence-electron chi connectivity index (χ2n) is 4.22. The number of urea groups is 1. The molecule has 2 N–H and O–H groups in total. The van der Waals surface area contributed by atoms with Crippen molar-refractivity contribution in [1.82, 2.24) is 10.6 Å². The summed E-state index contributed by atoms with van der Waals surface area (Å²) < 4.78 is 0. The maximum Gasteiger partial charge on any atom is 0.322 e. The molecule has 0 saturated carbocycles. The summed E-state index contributed by atoms with van der Waals surface area (Å²) in [4.78, 5) is 22.6. The molecule has 0 bridgehead atoms. The number of hydrogen-bond donors (Lipinski definition) is 2. The van der Waals surface area contributed by atoms with Crippen LogP contribution in [0.5, 0.6) is 0 Å². The molecule has 1 aliphatic heterocycles. The zero-order chi connectivity index (χ0) is 12.3. The zero-order valence-corrected chi connectivity index (χ0v) is 10.3. The molecule has 4 nitrogen and oxygen atoms in total. The molecule has 1 aromatic rings. The average molecular weight is 250 g/mol. The number of rotatable bonds is 4. The molecule has 90 valence electrons. The lowest BCUT2D eigenvalue weighted by Crippen LogP contribution is -2.46. The Morgan fingerprint density at radius 2 is 1.94 bits per heavy atom. The van der Waals surface area contributed by atoms with Gasteiger partial charge < -0.3 is 5.32 Å². The predicted molar refractivity (Wildman–Crippen MR) is 67.7 cm³/mol. The number of carbonyl (C=O) groups is 2. The minimum Gasteiger partial charge on any atom is -0.323 e. The highest BCUT2D eigenvalue weighted by Crippen LogP contribution is 2.20.